The predicted octanol–water partition coefficient (Wildman–Crippen LogP) is 9.66. The van der Waals surface area contributed by atoms with Gasteiger partial charge in [0.15, 0.2) is 0 Å². The Morgan fingerprint density at radius 1 is 0.528 bits per heavy atom. The molecule has 0 saturated carbocycles. The van der Waals surface area contributed by atoms with Crippen molar-refractivity contribution in [2.45, 2.75) is 129 Å². The van der Waals surface area contributed by atoms with Gasteiger partial charge in [0.25, 0.3) is 0 Å². The zero-order valence-electron chi connectivity index (χ0n) is 32.2. The van der Waals surface area contributed by atoms with Gasteiger partial charge in [0.2, 0.25) is 0 Å². The lowest BCUT2D eigenvalue weighted by Crippen LogP contribution is -2.28. The summed E-state index contributed by atoms with van der Waals surface area (Å²) in [6.07, 6.45) is 44.1. The first kappa shape index (κ1) is 49.9. The van der Waals surface area contributed by atoms with Gasteiger partial charge in [-0.15, -0.1) is 0 Å². The number of carbonyl (C=O) groups excluding carboxylic acids is 2. The molecule has 0 aliphatic heterocycles. The Kier molecular flexibility index (Phi) is 35.0. The van der Waals surface area contributed by atoms with Crippen molar-refractivity contribution >= 4 is 19.8 Å². The number of hydrogen-bond acceptors (Lipinski definition) is 9. The van der Waals surface area contributed by atoms with E-state index in [0.29, 0.717) is 12.8 Å². The first-order chi connectivity index (χ1) is 25.8. The fourth-order valence-corrected chi connectivity index (χ4v) is 5.22. The van der Waals surface area contributed by atoms with Gasteiger partial charge in [0.1, 0.15) is 12.2 Å². The molecular weight excluding hydrogens is 695 g/mol. The highest BCUT2D eigenvalue weighted by atomic mass is 31.2. The van der Waals surface area contributed by atoms with Crippen LogP contribution in [-0.4, -0.2) is 65.7 Å². The van der Waals surface area contributed by atoms with Gasteiger partial charge in [-0.25, -0.2) is 4.57 Å². The monoisotopic (exact) mass is 762 g/mol. The number of aliphatic hydroxyl groups is 2. The third kappa shape index (κ3) is 35.7. The van der Waals surface area contributed by atoms with E-state index in [1.165, 1.54) is 0 Å². The molecule has 3 unspecified atom stereocenters. The minimum Gasteiger partial charge on any atom is -0.457 e. The Hall–Kier alpha value is -3.11. The number of esters is 2. The Bertz CT molecular complexity index is 1200. The van der Waals surface area contributed by atoms with E-state index in [9.17, 15) is 29.3 Å². The third-order valence-electron chi connectivity index (χ3n) is 7.32. The van der Waals surface area contributed by atoms with Crippen LogP contribution in [0.2, 0.25) is 0 Å². The Morgan fingerprint density at radius 3 is 1.36 bits per heavy atom. The van der Waals surface area contributed by atoms with Crippen LogP contribution >= 0.6 is 7.82 Å². The molecule has 0 aromatic rings. The number of allylic oxidation sites excluding steroid dienone is 15. The number of phosphoric ester groups is 1. The number of rotatable bonds is 34. The minimum atomic E-state index is -4.67. The molecule has 3 N–H and O–H groups in total. The molecule has 0 aromatic carbocycles. The number of hydrogen-bond donors (Lipinski definition) is 3. The van der Waals surface area contributed by atoms with Crippen LogP contribution in [0.15, 0.2) is 97.2 Å². The zero-order valence-corrected chi connectivity index (χ0v) is 33.1. The second-order valence-electron chi connectivity index (χ2n) is 12.2. The van der Waals surface area contributed by atoms with Crippen molar-refractivity contribution in [3.63, 3.8) is 0 Å². The van der Waals surface area contributed by atoms with Crippen molar-refractivity contribution in [3.05, 3.63) is 97.2 Å². The standard InChI is InChI=1S/C42H67O10P/c1-3-5-7-9-11-13-15-17-19-21-23-25-27-29-31-33-41(45)51-39(35-43)37-49-53(47,48)50-38-40(36-44)52-42(46)34-32-30-28-26-24-22-20-18-16-14-12-10-8-6-4-2/h5-8,11-14,17-20,23,25,29,31,39-40,43-44H,3-4,9-10,15-16,21-22,24,26-28,30,32-38H2,1-2H3,(H,47,48)/b7-5-,8-6-,13-11-,14-12-,19-17-,20-18-,25-23-,31-29-. The molecule has 3 atom stereocenters. The summed E-state index contributed by atoms with van der Waals surface area (Å²) >= 11 is 0. The van der Waals surface area contributed by atoms with Crippen LogP contribution in [0.5, 0.6) is 0 Å². The van der Waals surface area contributed by atoms with Gasteiger partial charge in [0, 0.05) is 6.42 Å². The lowest BCUT2D eigenvalue weighted by molar-refractivity contribution is -0.153. The maximum absolute atomic E-state index is 12.3. The SMILES string of the molecule is CC/C=C\C/C=C\C/C=C\C/C=C\C/C=C\CC(=O)OC(CO)COP(=O)(O)OCC(CO)OC(=O)CCCCCCC/C=C\C/C=C\C/C=C\CC. The van der Waals surface area contributed by atoms with E-state index in [-0.39, 0.29) is 12.8 Å². The van der Waals surface area contributed by atoms with Crippen molar-refractivity contribution in [2.75, 3.05) is 26.4 Å². The summed E-state index contributed by atoms with van der Waals surface area (Å²) in [5.74, 6) is -1.18. The average Bonchev–Trinajstić information content (AvgIpc) is 3.14. The summed E-state index contributed by atoms with van der Waals surface area (Å²) in [4.78, 5) is 34.3. The van der Waals surface area contributed by atoms with Crippen molar-refractivity contribution in [3.8, 4) is 0 Å². The van der Waals surface area contributed by atoms with Gasteiger partial charge in [0.05, 0.1) is 32.8 Å². The van der Waals surface area contributed by atoms with E-state index >= 15 is 0 Å². The number of unbranched alkanes of at least 4 members (excludes halogenated alkanes) is 5. The van der Waals surface area contributed by atoms with Gasteiger partial charge in [-0.3, -0.25) is 18.6 Å². The molecule has 0 spiro atoms. The maximum atomic E-state index is 12.3. The highest BCUT2D eigenvalue weighted by molar-refractivity contribution is 7.47. The molecule has 0 aliphatic rings. The van der Waals surface area contributed by atoms with Gasteiger partial charge >= 0.3 is 19.8 Å². The molecule has 11 heteroatoms. The van der Waals surface area contributed by atoms with E-state index in [4.69, 9.17) is 18.5 Å². The first-order valence-electron chi connectivity index (χ1n) is 19.2. The molecule has 0 aromatic heterocycles. The van der Waals surface area contributed by atoms with Crippen LogP contribution < -0.4 is 0 Å². The Morgan fingerprint density at radius 2 is 0.906 bits per heavy atom. The maximum Gasteiger partial charge on any atom is 0.472 e. The third-order valence-corrected chi connectivity index (χ3v) is 8.28. The number of aliphatic hydroxyl groups excluding tert-OH is 2. The van der Waals surface area contributed by atoms with Gasteiger partial charge in [-0.2, -0.15) is 0 Å². The van der Waals surface area contributed by atoms with Crippen molar-refractivity contribution < 1.29 is 47.8 Å². The summed E-state index contributed by atoms with van der Waals surface area (Å²) < 4.78 is 32.3. The molecule has 0 rings (SSSR count). The Labute approximate surface area is 319 Å². The van der Waals surface area contributed by atoms with Crippen molar-refractivity contribution in [1.29, 1.82) is 0 Å². The molecule has 10 nitrogen and oxygen atoms in total. The zero-order chi connectivity index (χ0) is 39.1. The summed E-state index contributed by atoms with van der Waals surface area (Å²) in [6.45, 7) is 1.81. The van der Waals surface area contributed by atoms with Crippen LogP contribution in [0, 0.1) is 0 Å². The van der Waals surface area contributed by atoms with Crippen LogP contribution in [0.4, 0.5) is 0 Å². The van der Waals surface area contributed by atoms with Crippen LogP contribution in [0.25, 0.3) is 0 Å². The Balaban J connectivity index is 4.14. The molecule has 0 aliphatic carbocycles. The predicted molar refractivity (Wildman–Crippen MR) is 214 cm³/mol. The minimum absolute atomic E-state index is 0.0470. The van der Waals surface area contributed by atoms with E-state index < -0.39 is 58.4 Å². The molecule has 0 amide bonds. The number of ether oxygens (including phenoxy) is 2. The number of phosphoric acid groups is 1. The van der Waals surface area contributed by atoms with Gasteiger partial charge < -0.3 is 24.6 Å². The second kappa shape index (κ2) is 37.2. The summed E-state index contributed by atoms with van der Waals surface area (Å²) in [5.41, 5.74) is 0. The first-order valence-corrected chi connectivity index (χ1v) is 20.7. The highest BCUT2D eigenvalue weighted by Gasteiger charge is 2.27. The van der Waals surface area contributed by atoms with E-state index in [1.807, 2.05) is 18.2 Å². The molecule has 0 bridgehead atoms. The highest BCUT2D eigenvalue weighted by Crippen LogP contribution is 2.43. The summed E-state index contributed by atoms with van der Waals surface area (Å²) in [5, 5.41) is 19.1. The molecule has 53 heavy (non-hydrogen) atoms. The fourth-order valence-electron chi connectivity index (χ4n) is 4.44. The van der Waals surface area contributed by atoms with E-state index in [0.717, 1.165) is 77.0 Å². The van der Waals surface area contributed by atoms with Crippen molar-refractivity contribution in [1.82, 2.24) is 0 Å². The number of carbonyl (C=O) groups is 2. The lowest BCUT2D eigenvalue weighted by Gasteiger charge is -2.20. The summed E-state index contributed by atoms with van der Waals surface area (Å²) in [7, 11) is -4.67. The molecular formula is C42H67O10P. The normalized spacial score (nSPS) is 15.0. The van der Waals surface area contributed by atoms with E-state index in [1.54, 1.807) is 6.08 Å². The smallest absolute Gasteiger partial charge is 0.457 e. The van der Waals surface area contributed by atoms with E-state index in [2.05, 4.69) is 86.8 Å². The molecule has 300 valence electrons. The van der Waals surface area contributed by atoms with Crippen LogP contribution in [-0.2, 0) is 32.7 Å². The van der Waals surface area contributed by atoms with Gasteiger partial charge in [-0.05, 0) is 70.6 Å². The summed E-state index contributed by atoms with van der Waals surface area (Å²) in [6, 6.07) is 0. The molecule has 0 fully saturated rings. The molecule has 0 heterocycles. The lowest BCUT2D eigenvalue weighted by atomic mass is 10.1. The van der Waals surface area contributed by atoms with Crippen LogP contribution in [0.3, 0.4) is 0 Å². The van der Waals surface area contributed by atoms with Gasteiger partial charge in [-0.1, -0.05) is 130 Å². The topological polar surface area (TPSA) is 149 Å². The quantitative estimate of drug-likeness (QED) is 0.0250. The van der Waals surface area contributed by atoms with Crippen molar-refractivity contribution in [2.24, 2.45) is 0 Å². The average molecular weight is 763 g/mol. The largest absolute Gasteiger partial charge is 0.472 e. The fraction of sp³-hybridized carbons (Fsp3) is 0.571. The molecule has 0 saturated heterocycles. The second-order valence-corrected chi connectivity index (χ2v) is 13.6. The van der Waals surface area contributed by atoms with Crippen LogP contribution in [0.1, 0.15) is 117 Å². The molecule has 0 radical (unpaired) electrons.